The van der Waals surface area contributed by atoms with Gasteiger partial charge in [0.1, 0.15) is 0 Å². The Morgan fingerprint density at radius 3 is 2.88 bits per heavy atom. The molecule has 90 valence electrons. The predicted molar refractivity (Wildman–Crippen MR) is 64.9 cm³/mol. The quantitative estimate of drug-likeness (QED) is 0.784. The highest BCUT2D eigenvalue weighted by atomic mass is 15.2. The zero-order chi connectivity index (χ0) is 11.4. The van der Waals surface area contributed by atoms with Crippen LogP contribution in [0, 0.1) is 0 Å². The molecule has 0 bridgehead atoms. The van der Waals surface area contributed by atoms with Crippen molar-refractivity contribution in [2.24, 2.45) is 12.8 Å². The monoisotopic (exact) mass is 222 g/mol. The van der Waals surface area contributed by atoms with E-state index in [-0.39, 0.29) is 0 Å². The number of aryl methyl sites for hydroxylation is 1. The average Bonchev–Trinajstić information content (AvgIpc) is 2.58. The summed E-state index contributed by atoms with van der Waals surface area (Å²) >= 11 is 0. The van der Waals surface area contributed by atoms with Gasteiger partial charge in [-0.05, 0) is 32.4 Å². The van der Waals surface area contributed by atoms with Crippen LogP contribution >= 0.6 is 0 Å². The molecule has 0 spiro atoms. The molecule has 1 heterocycles. The maximum absolute atomic E-state index is 5.59. The number of nitrogens with two attached hydrogens (primary N) is 1. The van der Waals surface area contributed by atoms with Crippen LogP contribution in [0.15, 0.2) is 12.4 Å². The van der Waals surface area contributed by atoms with Crippen molar-refractivity contribution in [3.63, 3.8) is 0 Å². The van der Waals surface area contributed by atoms with Gasteiger partial charge in [-0.25, -0.2) is 0 Å². The van der Waals surface area contributed by atoms with E-state index in [0.717, 1.165) is 32.1 Å². The number of hydrogen-bond donors (Lipinski definition) is 1. The standard InChI is InChI=1S/C12H22N4/c1-15-9-11(8-14-15)10-16(7-3-6-13)12-4-2-5-12/h8-9,12H,2-7,10,13H2,1H3. The van der Waals surface area contributed by atoms with Crippen molar-refractivity contribution in [3.8, 4) is 0 Å². The van der Waals surface area contributed by atoms with Crippen molar-refractivity contribution in [3.05, 3.63) is 18.0 Å². The Morgan fingerprint density at radius 1 is 1.56 bits per heavy atom. The predicted octanol–water partition coefficient (Wildman–Crippen LogP) is 1.12. The van der Waals surface area contributed by atoms with Crippen molar-refractivity contribution >= 4 is 0 Å². The molecule has 0 aromatic carbocycles. The second-order valence-corrected chi connectivity index (χ2v) is 4.72. The van der Waals surface area contributed by atoms with Gasteiger partial charge in [0.15, 0.2) is 0 Å². The maximum Gasteiger partial charge on any atom is 0.0534 e. The van der Waals surface area contributed by atoms with Gasteiger partial charge in [-0.2, -0.15) is 5.10 Å². The molecule has 0 saturated heterocycles. The summed E-state index contributed by atoms with van der Waals surface area (Å²) in [7, 11) is 1.97. The lowest BCUT2D eigenvalue weighted by Gasteiger charge is -2.37. The van der Waals surface area contributed by atoms with Gasteiger partial charge in [-0.3, -0.25) is 9.58 Å². The van der Waals surface area contributed by atoms with Gasteiger partial charge in [0, 0.05) is 31.4 Å². The van der Waals surface area contributed by atoms with Crippen molar-refractivity contribution < 1.29 is 0 Å². The van der Waals surface area contributed by atoms with Gasteiger partial charge < -0.3 is 5.73 Å². The van der Waals surface area contributed by atoms with Gasteiger partial charge in [0.25, 0.3) is 0 Å². The van der Waals surface area contributed by atoms with Gasteiger partial charge in [0.2, 0.25) is 0 Å². The highest BCUT2D eigenvalue weighted by Gasteiger charge is 2.24. The van der Waals surface area contributed by atoms with E-state index in [1.54, 1.807) is 0 Å². The van der Waals surface area contributed by atoms with Crippen LogP contribution in [0.1, 0.15) is 31.2 Å². The fourth-order valence-corrected chi connectivity index (χ4v) is 2.22. The maximum atomic E-state index is 5.59. The third-order valence-corrected chi connectivity index (χ3v) is 3.38. The summed E-state index contributed by atoms with van der Waals surface area (Å²) in [5.41, 5.74) is 6.90. The van der Waals surface area contributed by atoms with Crippen molar-refractivity contribution in [2.75, 3.05) is 13.1 Å². The summed E-state index contributed by atoms with van der Waals surface area (Å²) in [6.45, 7) is 2.94. The molecule has 0 amide bonds. The first-order valence-corrected chi connectivity index (χ1v) is 6.21. The fraction of sp³-hybridized carbons (Fsp3) is 0.750. The van der Waals surface area contributed by atoms with E-state index in [1.807, 2.05) is 17.9 Å². The summed E-state index contributed by atoms with van der Waals surface area (Å²) in [4.78, 5) is 2.56. The molecule has 0 unspecified atom stereocenters. The normalized spacial score (nSPS) is 16.7. The summed E-state index contributed by atoms with van der Waals surface area (Å²) in [5.74, 6) is 0. The molecule has 4 heteroatoms. The fourth-order valence-electron chi connectivity index (χ4n) is 2.22. The summed E-state index contributed by atoms with van der Waals surface area (Å²) in [5, 5.41) is 4.22. The highest BCUT2D eigenvalue weighted by molar-refractivity contribution is 5.04. The Morgan fingerprint density at radius 2 is 2.38 bits per heavy atom. The largest absolute Gasteiger partial charge is 0.330 e. The first-order valence-electron chi connectivity index (χ1n) is 6.21. The Balaban J connectivity index is 1.90. The van der Waals surface area contributed by atoms with Crippen LogP contribution in [-0.4, -0.2) is 33.8 Å². The van der Waals surface area contributed by atoms with Crippen LogP contribution in [0.4, 0.5) is 0 Å². The van der Waals surface area contributed by atoms with E-state index in [1.165, 1.54) is 24.8 Å². The smallest absolute Gasteiger partial charge is 0.0534 e. The first-order chi connectivity index (χ1) is 7.79. The first kappa shape index (κ1) is 11.6. The van der Waals surface area contributed by atoms with Crippen LogP contribution in [0.25, 0.3) is 0 Å². The highest BCUT2D eigenvalue weighted by Crippen LogP contribution is 2.26. The molecule has 0 radical (unpaired) electrons. The summed E-state index contributed by atoms with van der Waals surface area (Å²) in [6, 6.07) is 0.784. The Labute approximate surface area is 97.4 Å². The third-order valence-electron chi connectivity index (χ3n) is 3.38. The van der Waals surface area contributed by atoms with Gasteiger partial charge >= 0.3 is 0 Å². The molecule has 2 rings (SSSR count). The third kappa shape index (κ3) is 2.83. The number of nitrogens with zero attached hydrogens (tertiary/aromatic N) is 3. The second kappa shape index (κ2) is 5.46. The molecule has 0 atom stereocenters. The minimum absolute atomic E-state index is 0.784. The lowest BCUT2D eigenvalue weighted by atomic mass is 9.91. The van der Waals surface area contributed by atoms with Crippen LogP contribution in [0.5, 0.6) is 0 Å². The number of hydrogen-bond acceptors (Lipinski definition) is 3. The van der Waals surface area contributed by atoms with Gasteiger partial charge in [0.05, 0.1) is 6.20 Å². The molecule has 2 N–H and O–H groups in total. The number of rotatable bonds is 6. The summed E-state index contributed by atoms with van der Waals surface area (Å²) < 4.78 is 1.87. The molecule has 4 nitrogen and oxygen atoms in total. The van der Waals surface area contributed by atoms with Crippen molar-refractivity contribution in [2.45, 2.75) is 38.3 Å². The lowest BCUT2D eigenvalue weighted by molar-refractivity contribution is 0.118. The topological polar surface area (TPSA) is 47.1 Å². The molecular formula is C12H22N4. The van der Waals surface area contributed by atoms with Crippen LogP contribution < -0.4 is 5.73 Å². The molecule has 1 aliphatic rings. The molecular weight excluding hydrogens is 200 g/mol. The van der Waals surface area contributed by atoms with Crippen molar-refractivity contribution in [1.82, 2.24) is 14.7 Å². The second-order valence-electron chi connectivity index (χ2n) is 4.72. The minimum atomic E-state index is 0.784. The summed E-state index contributed by atoms with van der Waals surface area (Å²) in [6.07, 6.45) is 9.26. The van der Waals surface area contributed by atoms with E-state index in [0.29, 0.717) is 0 Å². The molecule has 1 saturated carbocycles. The van der Waals surface area contributed by atoms with E-state index in [4.69, 9.17) is 5.73 Å². The molecule has 1 aromatic rings. The average molecular weight is 222 g/mol. The van der Waals surface area contributed by atoms with Gasteiger partial charge in [-0.1, -0.05) is 6.42 Å². The molecule has 0 aliphatic heterocycles. The van der Waals surface area contributed by atoms with E-state index >= 15 is 0 Å². The number of aromatic nitrogens is 2. The van der Waals surface area contributed by atoms with E-state index in [9.17, 15) is 0 Å². The Bertz CT molecular complexity index is 317. The lowest BCUT2D eigenvalue weighted by Crippen LogP contribution is -2.40. The zero-order valence-corrected chi connectivity index (χ0v) is 10.1. The molecule has 1 aliphatic carbocycles. The Kier molecular flexibility index (Phi) is 3.96. The van der Waals surface area contributed by atoms with Crippen LogP contribution in [-0.2, 0) is 13.6 Å². The zero-order valence-electron chi connectivity index (χ0n) is 10.1. The Hall–Kier alpha value is -0.870. The van der Waals surface area contributed by atoms with Gasteiger partial charge in [-0.15, -0.1) is 0 Å². The molecule has 16 heavy (non-hydrogen) atoms. The van der Waals surface area contributed by atoms with Crippen LogP contribution in [0.2, 0.25) is 0 Å². The minimum Gasteiger partial charge on any atom is -0.330 e. The van der Waals surface area contributed by atoms with E-state index < -0.39 is 0 Å². The molecule has 1 fully saturated rings. The van der Waals surface area contributed by atoms with Crippen molar-refractivity contribution in [1.29, 1.82) is 0 Å². The molecule has 1 aromatic heterocycles. The van der Waals surface area contributed by atoms with Crippen LogP contribution in [0.3, 0.4) is 0 Å². The SMILES string of the molecule is Cn1cc(CN(CCCN)C2CCC2)cn1. The van der Waals surface area contributed by atoms with E-state index in [2.05, 4.69) is 16.2 Å².